The molecule has 2 amide bonds. The predicted molar refractivity (Wildman–Crippen MR) is 88.9 cm³/mol. The van der Waals surface area contributed by atoms with E-state index in [0.717, 1.165) is 0 Å². The number of nitrogens with one attached hydrogen (secondary N) is 1. The lowest BCUT2D eigenvalue weighted by Crippen LogP contribution is -2.42. The van der Waals surface area contributed by atoms with Crippen LogP contribution in [0.3, 0.4) is 0 Å². The number of benzene rings is 2. The number of carbonyl (C=O) groups excluding carboxylic acids is 2. The third-order valence-corrected chi connectivity index (χ3v) is 3.82. The summed E-state index contributed by atoms with van der Waals surface area (Å²) in [6.07, 6.45) is -0.723. The first-order chi connectivity index (χ1) is 12.0. The molecule has 0 saturated heterocycles. The average Bonchev–Trinajstić information content (AvgIpc) is 3.10. The lowest BCUT2D eigenvalue weighted by Gasteiger charge is -2.17. The zero-order valence-corrected chi connectivity index (χ0v) is 13.2. The number of amides is 2. The van der Waals surface area contributed by atoms with Crippen LogP contribution in [0.5, 0.6) is 0 Å². The molecule has 128 valence electrons. The number of carbonyl (C=O) groups is 2. The second-order valence-electron chi connectivity index (χ2n) is 5.60. The summed E-state index contributed by atoms with van der Waals surface area (Å²) >= 11 is 0. The minimum absolute atomic E-state index is 0.176. The number of nitrogens with zero attached hydrogens (tertiary/aromatic N) is 1. The Morgan fingerprint density at radius 3 is 2.64 bits per heavy atom. The van der Waals surface area contributed by atoms with Crippen molar-refractivity contribution < 1.29 is 18.8 Å². The largest absolute Gasteiger partial charge is 0.382 e. The van der Waals surface area contributed by atoms with E-state index in [1.54, 1.807) is 42.5 Å². The van der Waals surface area contributed by atoms with Gasteiger partial charge in [0.25, 0.3) is 5.91 Å². The Kier molecular flexibility index (Phi) is 4.74. The van der Waals surface area contributed by atoms with Crippen LogP contribution in [0.2, 0.25) is 0 Å². The highest BCUT2D eigenvalue weighted by Crippen LogP contribution is 2.19. The summed E-state index contributed by atoms with van der Waals surface area (Å²) in [6.45, 7) is 0. The topological polar surface area (TPSA) is 93.8 Å². The molecule has 2 aromatic carbocycles. The zero-order valence-electron chi connectivity index (χ0n) is 13.2. The lowest BCUT2D eigenvalue weighted by atomic mass is 10.0. The highest BCUT2D eigenvalue weighted by atomic mass is 19.1. The monoisotopic (exact) mass is 341 g/mol. The highest BCUT2D eigenvalue weighted by Gasteiger charge is 2.32. The van der Waals surface area contributed by atoms with Gasteiger partial charge in [0.1, 0.15) is 11.9 Å². The molecule has 0 bridgehead atoms. The van der Waals surface area contributed by atoms with Crippen LogP contribution in [-0.4, -0.2) is 23.6 Å². The van der Waals surface area contributed by atoms with E-state index in [1.165, 1.54) is 12.1 Å². The van der Waals surface area contributed by atoms with Gasteiger partial charge in [-0.3, -0.25) is 9.59 Å². The molecule has 0 spiro atoms. The first kappa shape index (κ1) is 16.6. The van der Waals surface area contributed by atoms with Gasteiger partial charge in [0.05, 0.1) is 5.71 Å². The van der Waals surface area contributed by atoms with Gasteiger partial charge in [0.15, 0.2) is 0 Å². The molecule has 1 heterocycles. The van der Waals surface area contributed by atoms with Crippen molar-refractivity contribution in [3.8, 4) is 0 Å². The highest BCUT2D eigenvalue weighted by molar-refractivity contribution is 6.04. The fraction of sp³-hybridized carbons (Fsp3) is 0.167. The van der Waals surface area contributed by atoms with Gasteiger partial charge in [0, 0.05) is 12.0 Å². The molecule has 0 unspecified atom stereocenters. The van der Waals surface area contributed by atoms with Crippen LogP contribution < -0.4 is 11.1 Å². The predicted octanol–water partition coefficient (Wildman–Crippen LogP) is 1.66. The molecule has 0 aliphatic carbocycles. The Morgan fingerprint density at radius 2 is 1.96 bits per heavy atom. The standard InChI is InChI=1S/C18H16FN3O3/c19-13-8-4-7-12(9-13)14-10-15(25-22-14)18(24)21-16(17(20)23)11-5-2-1-3-6-11/h1-9,15-16H,10H2,(H2,20,23)(H,21,24)/t15-,16+/m1/s1. The summed E-state index contributed by atoms with van der Waals surface area (Å²) in [5.74, 6) is -1.59. The minimum atomic E-state index is -0.962. The number of hydrogen-bond acceptors (Lipinski definition) is 4. The maximum absolute atomic E-state index is 13.3. The summed E-state index contributed by atoms with van der Waals surface area (Å²) in [7, 11) is 0. The van der Waals surface area contributed by atoms with Crippen LogP contribution in [0.15, 0.2) is 59.8 Å². The fourth-order valence-corrected chi connectivity index (χ4v) is 2.56. The van der Waals surface area contributed by atoms with Crippen molar-refractivity contribution in [2.75, 3.05) is 0 Å². The molecule has 2 aromatic rings. The van der Waals surface area contributed by atoms with Crippen LogP contribution in [0.25, 0.3) is 0 Å². The molecule has 6 nitrogen and oxygen atoms in total. The van der Waals surface area contributed by atoms with Crippen molar-refractivity contribution in [2.24, 2.45) is 10.9 Å². The third-order valence-electron chi connectivity index (χ3n) is 3.82. The molecule has 3 rings (SSSR count). The first-order valence-corrected chi connectivity index (χ1v) is 7.68. The minimum Gasteiger partial charge on any atom is -0.382 e. The van der Waals surface area contributed by atoms with E-state index in [1.807, 2.05) is 0 Å². The average molecular weight is 341 g/mol. The van der Waals surface area contributed by atoms with Crippen LogP contribution >= 0.6 is 0 Å². The second kappa shape index (κ2) is 7.12. The molecular formula is C18H16FN3O3. The van der Waals surface area contributed by atoms with Gasteiger partial charge >= 0.3 is 0 Å². The second-order valence-corrected chi connectivity index (χ2v) is 5.60. The van der Waals surface area contributed by atoms with Crippen molar-refractivity contribution in [1.29, 1.82) is 0 Å². The number of halogens is 1. The van der Waals surface area contributed by atoms with E-state index in [-0.39, 0.29) is 6.42 Å². The molecule has 0 saturated carbocycles. The molecule has 1 aliphatic heterocycles. The van der Waals surface area contributed by atoms with Gasteiger partial charge in [-0.2, -0.15) is 0 Å². The van der Waals surface area contributed by atoms with E-state index in [4.69, 9.17) is 10.6 Å². The van der Waals surface area contributed by atoms with Gasteiger partial charge in [0.2, 0.25) is 12.0 Å². The van der Waals surface area contributed by atoms with Crippen LogP contribution in [0.4, 0.5) is 4.39 Å². The Balaban J connectivity index is 1.67. The molecule has 25 heavy (non-hydrogen) atoms. The Hall–Kier alpha value is -3.22. The Morgan fingerprint density at radius 1 is 1.20 bits per heavy atom. The molecule has 2 atom stereocenters. The zero-order chi connectivity index (χ0) is 17.8. The summed E-state index contributed by atoms with van der Waals surface area (Å²) in [6, 6.07) is 13.6. The number of rotatable bonds is 5. The van der Waals surface area contributed by atoms with E-state index in [2.05, 4.69) is 10.5 Å². The van der Waals surface area contributed by atoms with Gasteiger partial charge in [-0.15, -0.1) is 0 Å². The van der Waals surface area contributed by atoms with Crippen molar-refractivity contribution in [2.45, 2.75) is 18.6 Å². The normalized spacial score (nSPS) is 17.3. The van der Waals surface area contributed by atoms with Crippen molar-refractivity contribution in [3.05, 3.63) is 71.5 Å². The smallest absolute Gasteiger partial charge is 0.265 e. The molecule has 1 aliphatic rings. The lowest BCUT2D eigenvalue weighted by molar-refractivity contribution is -0.134. The van der Waals surface area contributed by atoms with Gasteiger partial charge < -0.3 is 15.9 Å². The van der Waals surface area contributed by atoms with E-state index < -0.39 is 29.8 Å². The summed E-state index contributed by atoms with van der Waals surface area (Å²) in [5, 5.41) is 6.42. The van der Waals surface area contributed by atoms with Crippen LogP contribution in [-0.2, 0) is 14.4 Å². The van der Waals surface area contributed by atoms with Crippen molar-refractivity contribution in [3.63, 3.8) is 0 Å². The number of nitrogens with two attached hydrogens (primary N) is 1. The fourth-order valence-electron chi connectivity index (χ4n) is 2.56. The Labute approximate surface area is 143 Å². The molecule has 7 heteroatoms. The van der Waals surface area contributed by atoms with Gasteiger partial charge in [-0.25, -0.2) is 4.39 Å². The van der Waals surface area contributed by atoms with E-state index >= 15 is 0 Å². The number of hydrogen-bond donors (Lipinski definition) is 2. The van der Waals surface area contributed by atoms with Crippen LogP contribution in [0, 0.1) is 5.82 Å². The summed E-state index contributed by atoms with van der Waals surface area (Å²) in [5.41, 5.74) is 6.98. The molecule has 0 aromatic heterocycles. The number of oxime groups is 1. The summed E-state index contributed by atoms with van der Waals surface area (Å²) < 4.78 is 13.3. The molecule has 3 N–H and O–H groups in total. The maximum atomic E-state index is 13.3. The molecule has 0 fully saturated rings. The Bertz CT molecular complexity index is 823. The summed E-state index contributed by atoms with van der Waals surface area (Å²) in [4.78, 5) is 29.2. The van der Waals surface area contributed by atoms with Crippen molar-refractivity contribution in [1.82, 2.24) is 5.32 Å². The first-order valence-electron chi connectivity index (χ1n) is 7.68. The van der Waals surface area contributed by atoms with E-state index in [9.17, 15) is 14.0 Å². The van der Waals surface area contributed by atoms with Gasteiger partial charge in [-0.1, -0.05) is 47.6 Å². The quantitative estimate of drug-likeness (QED) is 0.866. The van der Waals surface area contributed by atoms with E-state index in [0.29, 0.717) is 16.8 Å². The van der Waals surface area contributed by atoms with Crippen molar-refractivity contribution >= 4 is 17.5 Å². The SMILES string of the molecule is NC(=O)[C@@H](NC(=O)[C@H]1CC(c2cccc(F)c2)=NO1)c1ccccc1. The van der Waals surface area contributed by atoms with Gasteiger partial charge in [-0.05, 0) is 17.7 Å². The van der Waals surface area contributed by atoms with Crippen LogP contribution in [0.1, 0.15) is 23.6 Å². The number of primary amides is 1. The maximum Gasteiger partial charge on any atom is 0.265 e. The molecule has 0 radical (unpaired) electrons. The third kappa shape index (κ3) is 3.82. The molecular weight excluding hydrogens is 325 g/mol.